The van der Waals surface area contributed by atoms with Crippen LogP contribution in [-0.2, 0) is 33.6 Å². The molecule has 3 aliphatic carbocycles. The Balaban J connectivity index is 0.000000128. The molecular weight excluding hydrogens is 985 g/mol. The number of hydrogen-bond acceptors (Lipinski definition) is 9. The molecule has 0 radical (unpaired) electrons. The molecule has 3 aromatic heterocycles. The molecule has 402 valence electrons. The van der Waals surface area contributed by atoms with Crippen molar-refractivity contribution in [1.82, 2.24) is 29.7 Å². The molecule has 0 saturated carbocycles. The largest absolute Gasteiger partial charge is 0.361 e. The summed E-state index contributed by atoms with van der Waals surface area (Å²) in [5.74, 6) is 10.2. The van der Waals surface area contributed by atoms with E-state index in [1.807, 2.05) is 35.3 Å². The zero-order valence-corrected chi connectivity index (χ0v) is 48.2. The number of likely N-dealkylation sites (tertiary alicyclic amines) is 3. The second kappa shape index (κ2) is 24.9. The third-order valence-corrected chi connectivity index (χ3v) is 21.4. The van der Waals surface area contributed by atoms with Crippen molar-refractivity contribution < 1.29 is 14.4 Å². The average molecular weight is 1070 g/mol. The first kappa shape index (κ1) is 54.6. The number of ketones is 3. The number of nitrogens with one attached hydrogen (secondary N) is 3. The van der Waals surface area contributed by atoms with Crippen LogP contribution in [0.3, 0.4) is 0 Å². The van der Waals surface area contributed by atoms with E-state index in [0.29, 0.717) is 88.2 Å². The van der Waals surface area contributed by atoms with Gasteiger partial charge >= 0.3 is 0 Å². The molecule has 3 fully saturated rings. The Labute approximate surface area is 460 Å². The second-order valence-electron chi connectivity index (χ2n) is 23.3. The van der Waals surface area contributed by atoms with E-state index in [4.69, 9.17) is 0 Å². The van der Waals surface area contributed by atoms with Crippen LogP contribution in [-0.4, -0.2) is 139 Å². The van der Waals surface area contributed by atoms with Crippen molar-refractivity contribution in [1.29, 1.82) is 0 Å². The first-order valence-corrected chi connectivity index (χ1v) is 32.2. The molecule has 6 aliphatic rings. The smallest absolute Gasteiger partial charge is 0.139 e. The second-order valence-corrected chi connectivity index (χ2v) is 26.4. The van der Waals surface area contributed by atoms with Gasteiger partial charge in [-0.1, -0.05) is 57.2 Å². The molecule has 3 aliphatic heterocycles. The summed E-state index contributed by atoms with van der Waals surface area (Å²) in [7, 11) is 0. The third kappa shape index (κ3) is 12.1. The van der Waals surface area contributed by atoms with Gasteiger partial charge < -0.3 is 15.0 Å². The summed E-state index contributed by atoms with van der Waals surface area (Å²) in [6.07, 6.45) is 17.6. The molecule has 0 amide bonds. The lowest BCUT2D eigenvalue weighted by Gasteiger charge is -2.47. The van der Waals surface area contributed by atoms with E-state index in [1.54, 1.807) is 37.5 Å². The van der Waals surface area contributed by atoms with Crippen LogP contribution in [0, 0.1) is 17.8 Å². The highest BCUT2D eigenvalue weighted by molar-refractivity contribution is 8.00. The summed E-state index contributed by atoms with van der Waals surface area (Å²) in [5.41, 5.74) is 13.0. The summed E-state index contributed by atoms with van der Waals surface area (Å²) >= 11 is 5.47. The van der Waals surface area contributed by atoms with Gasteiger partial charge in [0, 0.05) is 107 Å². The predicted octanol–water partition coefficient (Wildman–Crippen LogP) is 12.7. The van der Waals surface area contributed by atoms with Crippen LogP contribution in [0.4, 0.5) is 0 Å². The fourth-order valence-electron chi connectivity index (χ4n) is 14.8. The Morgan fingerprint density at radius 2 is 0.760 bits per heavy atom. The maximum atomic E-state index is 11.3. The van der Waals surface area contributed by atoms with Gasteiger partial charge in [-0.3, -0.25) is 29.1 Å². The zero-order chi connectivity index (χ0) is 52.2. The molecule has 0 unspecified atom stereocenters. The number of aromatic amines is 3. The maximum Gasteiger partial charge on any atom is 0.139 e. The molecule has 0 spiro atoms. The SMILES string of the molecule is CCCN1C[C@H](CSCC(C)=O)C[C@@H]2c3cccc4[nH]cc(c34)C[C@H]21.CCCN1C[C@H](CSCC(C)=O)C[C@@H]2c3cccc4[nH]cc(c34)C[C@H]21.CCCN1C[C@H](CSCC(C)=O)C[C@@H]2c3cccc4[nH]cc(c34)C[C@H]21. The molecule has 9 atom stereocenters. The molecule has 12 rings (SSSR count). The summed E-state index contributed by atoms with van der Waals surface area (Å²) in [5, 5.41) is 4.45. The summed E-state index contributed by atoms with van der Waals surface area (Å²) in [4.78, 5) is 52.5. The number of Topliss-reactive ketones (excluding diaryl/α,β-unsaturated/α-hetero) is 3. The lowest BCUT2D eigenvalue weighted by molar-refractivity contribution is -0.115. The number of carbonyl (C=O) groups is 3. The standard InChI is InChI=1S/3C21H28N2OS/c3*1-3-7-23-11-15(13-25-12-14(2)24)8-18-17-5-4-6-19-21(17)16(10-22-19)9-20(18)23/h3*4-6,10,15,18,20,22H,3,7-9,11-13H2,1-2H3/t3*15-,18-,20-/m111/s1. The van der Waals surface area contributed by atoms with Crippen LogP contribution < -0.4 is 0 Å². The fraction of sp³-hybridized carbons (Fsp3) is 0.571. The first-order valence-electron chi connectivity index (χ1n) is 28.7. The quantitative estimate of drug-likeness (QED) is 0.0775. The van der Waals surface area contributed by atoms with Crippen molar-refractivity contribution in [3.8, 4) is 0 Å². The molecular formula is C63H84N6O3S3. The number of carbonyl (C=O) groups excluding carboxylic acids is 3. The number of aromatic nitrogens is 3. The van der Waals surface area contributed by atoms with Crippen molar-refractivity contribution in [2.24, 2.45) is 17.8 Å². The number of nitrogens with zero attached hydrogens (tertiary/aromatic N) is 3. The average Bonchev–Trinajstić information content (AvgIpc) is 4.15. The van der Waals surface area contributed by atoms with Crippen LogP contribution in [0.25, 0.3) is 32.7 Å². The number of H-pyrrole nitrogens is 3. The molecule has 9 nitrogen and oxygen atoms in total. The van der Waals surface area contributed by atoms with Gasteiger partial charge in [0.05, 0.1) is 17.3 Å². The molecule has 0 bridgehead atoms. The Hall–Kier alpha value is -3.78. The minimum absolute atomic E-state index is 0.295. The van der Waals surface area contributed by atoms with Gasteiger partial charge in [0.15, 0.2) is 0 Å². The molecule has 75 heavy (non-hydrogen) atoms. The van der Waals surface area contributed by atoms with Crippen molar-refractivity contribution in [2.45, 2.75) is 135 Å². The molecule has 6 aromatic rings. The monoisotopic (exact) mass is 1070 g/mol. The van der Waals surface area contributed by atoms with Crippen LogP contribution in [0.1, 0.15) is 131 Å². The number of rotatable bonds is 18. The Morgan fingerprint density at radius 3 is 1.03 bits per heavy atom. The predicted molar refractivity (Wildman–Crippen MR) is 320 cm³/mol. The normalized spacial score (nSPS) is 25.9. The van der Waals surface area contributed by atoms with E-state index in [0.717, 1.165) is 17.3 Å². The zero-order valence-electron chi connectivity index (χ0n) is 45.8. The van der Waals surface area contributed by atoms with E-state index in [-0.39, 0.29) is 0 Å². The van der Waals surface area contributed by atoms with Crippen molar-refractivity contribution in [2.75, 3.05) is 73.8 Å². The van der Waals surface area contributed by atoms with Gasteiger partial charge in [0.2, 0.25) is 0 Å². The number of hydrogen-bond donors (Lipinski definition) is 3. The Kier molecular flexibility index (Phi) is 18.1. The fourth-order valence-corrected chi connectivity index (χ4v) is 17.7. The van der Waals surface area contributed by atoms with Crippen molar-refractivity contribution in [3.63, 3.8) is 0 Å². The third-order valence-electron chi connectivity index (χ3n) is 17.5. The van der Waals surface area contributed by atoms with Crippen molar-refractivity contribution in [3.05, 3.63) is 107 Å². The minimum Gasteiger partial charge on any atom is -0.361 e. The van der Waals surface area contributed by atoms with E-state index < -0.39 is 0 Å². The Bertz CT molecular complexity index is 2610. The maximum absolute atomic E-state index is 11.3. The number of thioether (sulfide) groups is 3. The highest BCUT2D eigenvalue weighted by Gasteiger charge is 2.43. The number of fused-ring (bicyclic) bond motifs is 6. The van der Waals surface area contributed by atoms with Gasteiger partial charge in [-0.25, -0.2) is 0 Å². The van der Waals surface area contributed by atoms with E-state index >= 15 is 0 Å². The molecule has 3 saturated heterocycles. The number of piperidine rings is 3. The molecule has 3 N–H and O–H groups in total. The first-order chi connectivity index (χ1) is 36.5. The lowest BCUT2D eigenvalue weighted by atomic mass is 9.72. The Morgan fingerprint density at radius 1 is 0.467 bits per heavy atom. The highest BCUT2D eigenvalue weighted by atomic mass is 32.2. The van der Waals surface area contributed by atoms with E-state index in [1.165, 1.54) is 146 Å². The van der Waals surface area contributed by atoms with E-state index in [9.17, 15) is 14.4 Å². The van der Waals surface area contributed by atoms with Crippen LogP contribution in [0.5, 0.6) is 0 Å². The van der Waals surface area contributed by atoms with Crippen LogP contribution in [0.2, 0.25) is 0 Å². The highest BCUT2D eigenvalue weighted by Crippen LogP contribution is 2.48. The minimum atomic E-state index is 0.295. The van der Waals surface area contributed by atoms with Gasteiger partial charge in [0.25, 0.3) is 0 Å². The van der Waals surface area contributed by atoms with Gasteiger partial charge in [-0.2, -0.15) is 35.3 Å². The summed E-state index contributed by atoms with van der Waals surface area (Å²) in [6, 6.07) is 22.2. The molecule has 12 heteroatoms. The number of benzene rings is 3. The van der Waals surface area contributed by atoms with Crippen LogP contribution in [0.15, 0.2) is 73.2 Å². The van der Waals surface area contributed by atoms with Crippen molar-refractivity contribution >= 4 is 85.3 Å². The summed E-state index contributed by atoms with van der Waals surface area (Å²) in [6.45, 7) is 19.1. The molecule has 6 heterocycles. The summed E-state index contributed by atoms with van der Waals surface area (Å²) < 4.78 is 0. The van der Waals surface area contributed by atoms with Crippen LogP contribution >= 0.6 is 35.3 Å². The lowest BCUT2D eigenvalue weighted by Crippen LogP contribution is -2.50. The van der Waals surface area contributed by atoms with Gasteiger partial charge in [-0.05, 0) is 185 Å². The topological polar surface area (TPSA) is 108 Å². The van der Waals surface area contributed by atoms with E-state index in [2.05, 4.69) is 124 Å². The van der Waals surface area contributed by atoms with Gasteiger partial charge in [0.1, 0.15) is 17.3 Å². The molecule has 3 aromatic carbocycles. The van der Waals surface area contributed by atoms with Gasteiger partial charge in [-0.15, -0.1) is 0 Å².